The van der Waals surface area contributed by atoms with E-state index in [-0.39, 0.29) is 24.3 Å². The van der Waals surface area contributed by atoms with Gasteiger partial charge >= 0.3 is 12.0 Å². The lowest BCUT2D eigenvalue weighted by atomic mass is 10.1. The summed E-state index contributed by atoms with van der Waals surface area (Å²) in [6.45, 7) is 4.14. The number of thiophene rings is 1. The first kappa shape index (κ1) is 28.3. The minimum absolute atomic E-state index is 0.0785. The lowest BCUT2D eigenvalue weighted by Gasteiger charge is -2.18. The number of amides is 5. The fourth-order valence-electron chi connectivity index (χ4n) is 2.93. The summed E-state index contributed by atoms with van der Waals surface area (Å²) in [5, 5.41) is 23.9. The maximum Gasteiger partial charge on any atom is 0.320 e. The molecule has 0 fully saturated rings. The summed E-state index contributed by atoms with van der Waals surface area (Å²) in [5.74, 6) is -2.56. The Morgan fingerprint density at radius 3 is 2.39 bits per heavy atom. The van der Waals surface area contributed by atoms with E-state index in [1.54, 1.807) is 0 Å². The Morgan fingerprint density at radius 2 is 1.72 bits per heavy atom. The van der Waals surface area contributed by atoms with Gasteiger partial charge in [0, 0.05) is 24.9 Å². The molecule has 2 aromatic rings. The topological polar surface area (TPSA) is 166 Å². The van der Waals surface area contributed by atoms with E-state index in [0.29, 0.717) is 18.1 Å². The van der Waals surface area contributed by atoms with Crippen molar-refractivity contribution in [2.75, 3.05) is 18.4 Å². The molecule has 1 heterocycles. The lowest BCUT2D eigenvalue weighted by Crippen LogP contribution is -2.50. The number of benzene rings is 1. The Bertz CT molecular complexity index is 1060. The van der Waals surface area contributed by atoms with Gasteiger partial charge in [0.2, 0.25) is 11.8 Å². The Labute approximate surface area is 213 Å². The molecule has 0 aliphatic carbocycles. The Balaban J connectivity index is 1.81. The first-order valence-electron chi connectivity index (χ1n) is 11.4. The van der Waals surface area contributed by atoms with Crippen LogP contribution < -0.4 is 26.6 Å². The molecule has 0 bridgehead atoms. The molecule has 6 N–H and O–H groups in total. The van der Waals surface area contributed by atoms with Gasteiger partial charge in [-0.3, -0.25) is 24.5 Å². The Hall–Kier alpha value is -3.93. The van der Waals surface area contributed by atoms with E-state index in [0.717, 1.165) is 16.9 Å². The largest absolute Gasteiger partial charge is 0.481 e. The van der Waals surface area contributed by atoms with Gasteiger partial charge in [0.25, 0.3) is 5.91 Å². The summed E-state index contributed by atoms with van der Waals surface area (Å²) >= 11 is 1.15. The molecule has 1 unspecified atom stereocenters. The van der Waals surface area contributed by atoms with E-state index in [2.05, 4.69) is 26.6 Å². The normalized spacial score (nSPS) is 11.3. The monoisotopic (exact) mass is 517 g/mol. The number of carboxylic acids is 1. The van der Waals surface area contributed by atoms with Crippen LogP contribution in [-0.4, -0.2) is 54.0 Å². The second-order valence-electron chi connectivity index (χ2n) is 8.37. The van der Waals surface area contributed by atoms with E-state index in [1.165, 1.54) is 11.4 Å². The summed E-state index contributed by atoms with van der Waals surface area (Å²) in [4.78, 5) is 60.0. The summed E-state index contributed by atoms with van der Waals surface area (Å²) in [5.41, 5.74) is 1.20. The molecule has 0 spiro atoms. The summed E-state index contributed by atoms with van der Waals surface area (Å²) in [6.07, 6.45) is -0.374. The van der Waals surface area contributed by atoms with Gasteiger partial charge < -0.3 is 26.4 Å². The van der Waals surface area contributed by atoms with Crippen LogP contribution in [0.2, 0.25) is 0 Å². The number of nitrogens with one attached hydrogen (secondary N) is 5. The van der Waals surface area contributed by atoms with Crippen molar-refractivity contribution >= 4 is 46.1 Å². The fraction of sp³-hybridized carbons (Fsp3) is 0.375. The van der Waals surface area contributed by atoms with Gasteiger partial charge in [-0.1, -0.05) is 44.2 Å². The zero-order chi connectivity index (χ0) is 26.5. The molecule has 0 saturated carbocycles. The third-order valence-corrected chi connectivity index (χ3v) is 5.63. The second kappa shape index (κ2) is 14.5. The number of hydrogen-bond acceptors (Lipinski definition) is 6. The van der Waals surface area contributed by atoms with Crippen molar-refractivity contribution in [3.05, 3.63) is 52.9 Å². The van der Waals surface area contributed by atoms with E-state index in [9.17, 15) is 24.0 Å². The molecule has 1 aromatic heterocycles. The molecule has 194 valence electrons. The highest BCUT2D eigenvalue weighted by molar-refractivity contribution is 7.14. The van der Waals surface area contributed by atoms with Crippen molar-refractivity contribution in [3.63, 3.8) is 0 Å². The van der Waals surface area contributed by atoms with Crippen LogP contribution in [0.5, 0.6) is 0 Å². The van der Waals surface area contributed by atoms with E-state index < -0.39 is 42.3 Å². The van der Waals surface area contributed by atoms with Crippen molar-refractivity contribution in [2.45, 2.75) is 39.3 Å². The predicted molar refractivity (Wildman–Crippen MR) is 136 cm³/mol. The molecule has 0 aliphatic rings. The van der Waals surface area contributed by atoms with Gasteiger partial charge in [-0.25, -0.2) is 4.79 Å². The van der Waals surface area contributed by atoms with Gasteiger partial charge in [-0.15, -0.1) is 11.3 Å². The molecule has 0 radical (unpaired) electrons. The highest BCUT2D eigenvalue weighted by atomic mass is 32.1. The average Bonchev–Trinajstić information content (AvgIpc) is 3.31. The van der Waals surface area contributed by atoms with Crippen LogP contribution in [0.1, 0.15) is 42.6 Å². The van der Waals surface area contributed by atoms with Crippen molar-refractivity contribution in [2.24, 2.45) is 5.92 Å². The Morgan fingerprint density at radius 1 is 1.00 bits per heavy atom. The third kappa shape index (κ3) is 10.6. The minimum Gasteiger partial charge on any atom is -0.481 e. The quantitative estimate of drug-likeness (QED) is 0.237. The zero-order valence-electron chi connectivity index (χ0n) is 20.1. The molecule has 11 nitrogen and oxygen atoms in total. The average molecular weight is 518 g/mol. The summed E-state index contributed by atoms with van der Waals surface area (Å²) in [7, 11) is 0. The number of hydrogen-bond donors (Lipinski definition) is 6. The van der Waals surface area contributed by atoms with Gasteiger partial charge in [0.1, 0.15) is 6.04 Å². The van der Waals surface area contributed by atoms with Crippen LogP contribution in [0.3, 0.4) is 0 Å². The van der Waals surface area contributed by atoms with Crippen LogP contribution in [0.15, 0.2) is 41.8 Å². The highest BCUT2D eigenvalue weighted by Gasteiger charge is 2.22. The van der Waals surface area contributed by atoms with Crippen molar-refractivity contribution < 1.29 is 29.1 Å². The molecule has 1 atom stereocenters. The number of anilines is 1. The summed E-state index contributed by atoms with van der Waals surface area (Å²) < 4.78 is 0. The van der Waals surface area contributed by atoms with Gasteiger partial charge in [0.05, 0.1) is 17.1 Å². The first-order valence-corrected chi connectivity index (χ1v) is 12.3. The number of aliphatic carboxylic acids is 1. The standard InChI is InChI=1S/C24H31N5O6S/c1-15(2)11-25-23(34)18(8-9-21(31)32)28-19(30)13-26-22(33)17-10-20(36-14-17)29-24(35)27-12-16-6-4-3-5-7-16/h3-7,10,14-15,18H,8-9,11-13H2,1-2H3,(H,25,34)(H,26,33)(H,28,30)(H,31,32)(H2,27,29,35). The second-order valence-corrected chi connectivity index (χ2v) is 9.28. The van der Waals surface area contributed by atoms with Crippen LogP contribution in [0, 0.1) is 5.92 Å². The molecule has 36 heavy (non-hydrogen) atoms. The molecular formula is C24H31N5O6S. The van der Waals surface area contributed by atoms with E-state index in [1.807, 2.05) is 44.2 Å². The highest BCUT2D eigenvalue weighted by Crippen LogP contribution is 2.20. The maximum atomic E-state index is 12.4. The van der Waals surface area contributed by atoms with Crippen LogP contribution in [0.4, 0.5) is 9.80 Å². The number of carboxylic acid groups (broad SMARTS) is 1. The van der Waals surface area contributed by atoms with Crippen molar-refractivity contribution in [3.8, 4) is 0 Å². The zero-order valence-corrected chi connectivity index (χ0v) is 20.9. The van der Waals surface area contributed by atoms with Crippen molar-refractivity contribution in [1.29, 1.82) is 0 Å². The van der Waals surface area contributed by atoms with Gasteiger partial charge in [-0.2, -0.15) is 0 Å². The lowest BCUT2D eigenvalue weighted by molar-refractivity contribution is -0.137. The van der Waals surface area contributed by atoms with E-state index >= 15 is 0 Å². The molecule has 12 heteroatoms. The first-order chi connectivity index (χ1) is 17.1. The minimum atomic E-state index is -1.09. The predicted octanol–water partition coefficient (Wildman–Crippen LogP) is 1.92. The smallest absolute Gasteiger partial charge is 0.320 e. The van der Waals surface area contributed by atoms with Crippen LogP contribution in [0.25, 0.3) is 0 Å². The van der Waals surface area contributed by atoms with Crippen molar-refractivity contribution in [1.82, 2.24) is 21.3 Å². The number of rotatable bonds is 13. The molecule has 5 amide bonds. The molecular weight excluding hydrogens is 486 g/mol. The van der Waals surface area contributed by atoms with Gasteiger partial charge in [-0.05, 0) is 24.0 Å². The maximum absolute atomic E-state index is 12.4. The van der Waals surface area contributed by atoms with Gasteiger partial charge in [0.15, 0.2) is 0 Å². The summed E-state index contributed by atoms with van der Waals surface area (Å²) in [6, 6.07) is 9.43. The number of carbonyl (C=O) groups excluding carboxylic acids is 4. The molecule has 0 aliphatic heterocycles. The SMILES string of the molecule is CC(C)CNC(=O)C(CCC(=O)O)NC(=O)CNC(=O)c1csc(NC(=O)NCc2ccccc2)c1. The Kier molecular flexibility index (Phi) is 11.4. The molecule has 2 rings (SSSR count). The number of carbonyl (C=O) groups is 5. The number of urea groups is 1. The third-order valence-electron chi connectivity index (χ3n) is 4.79. The fourth-order valence-corrected chi connectivity index (χ4v) is 3.70. The molecule has 1 aromatic carbocycles. The van der Waals surface area contributed by atoms with Crippen LogP contribution in [-0.2, 0) is 20.9 Å². The van der Waals surface area contributed by atoms with E-state index in [4.69, 9.17) is 5.11 Å². The molecule has 0 saturated heterocycles. The van der Waals surface area contributed by atoms with Crippen LogP contribution >= 0.6 is 11.3 Å².